The Morgan fingerprint density at radius 1 is 1.35 bits per heavy atom. The largest absolute Gasteiger partial charge is 0.479 e. The molecule has 2 fully saturated rings. The summed E-state index contributed by atoms with van der Waals surface area (Å²) in [6.07, 6.45) is -13.5. The summed E-state index contributed by atoms with van der Waals surface area (Å²) in [6.45, 7) is -0.601. The van der Waals surface area contributed by atoms with E-state index in [9.17, 15) is 49.7 Å². The van der Waals surface area contributed by atoms with Crippen molar-refractivity contribution in [3.8, 4) is 0 Å². The number of aromatic nitrogens is 2. The molecule has 1 aromatic rings. The molecule has 2 aliphatic rings. The fourth-order valence-electron chi connectivity index (χ4n) is 4.21. The number of nitrogens with zero attached hydrogens (tertiary/aromatic N) is 2. The van der Waals surface area contributed by atoms with Crippen molar-refractivity contribution >= 4 is 19.4 Å². The van der Waals surface area contributed by atoms with E-state index in [4.69, 9.17) is 24.8 Å². The van der Waals surface area contributed by atoms with E-state index in [1.807, 2.05) is 0 Å². The summed E-state index contributed by atoms with van der Waals surface area (Å²) < 4.78 is 29.7. The van der Waals surface area contributed by atoms with Gasteiger partial charge in [0.1, 0.15) is 36.3 Å². The molecule has 18 heteroatoms. The van der Waals surface area contributed by atoms with Crippen LogP contribution in [0, 0.1) is 5.92 Å². The quantitative estimate of drug-likeness (QED) is 0.131. The fraction of sp³-hybridized carbons (Fsp3) is 0.737. The van der Waals surface area contributed by atoms with Crippen LogP contribution in [0.1, 0.15) is 19.6 Å². The Balaban J connectivity index is 1.82. The molecule has 1 aromatic heterocycles. The van der Waals surface area contributed by atoms with E-state index in [1.54, 1.807) is 0 Å². The van der Waals surface area contributed by atoms with Crippen molar-refractivity contribution < 1.29 is 64.0 Å². The smallest absolute Gasteiger partial charge is 0.371 e. The summed E-state index contributed by atoms with van der Waals surface area (Å²) in [5.41, 5.74) is 4.49. The van der Waals surface area contributed by atoms with E-state index in [0.29, 0.717) is 0 Å². The maximum absolute atomic E-state index is 13.2. The number of anilines is 1. The molecule has 11 atom stereocenters. The van der Waals surface area contributed by atoms with E-state index in [2.05, 4.69) is 4.98 Å². The summed E-state index contributed by atoms with van der Waals surface area (Å²) in [7, 11) is -5.45. The molecule has 17 nitrogen and oxygen atoms in total. The molecule has 3 rings (SSSR count). The van der Waals surface area contributed by atoms with Crippen LogP contribution in [0.25, 0.3) is 0 Å². The van der Waals surface area contributed by atoms with Crippen LogP contribution in [0.4, 0.5) is 5.82 Å². The molecule has 37 heavy (non-hydrogen) atoms. The van der Waals surface area contributed by atoms with Crippen molar-refractivity contribution in [2.45, 2.75) is 67.6 Å². The number of ether oxygens (including phenoxy) is 2. The monoisotopic (exact) mass is 555 g/mol. The minimum atomic E-state index is -5.45. The average molecular weight is 555 g/mol. The number of aliphatic hydroxyl groups excluding tert-OH is 6. The van der Waals surface area contributed by atoms with Crippen LogP contribution in [0.5, 0.6) is 0 Å². The number of hydrogen-bond acceptors (Lipinski definition) is 14. The lowest BCUT2D eigenvalue weighted by atomic mass is 9.85. The van der Waals surface area contributed by atoms with Crippen LogP contribution in [-0.4, -0.2) is 117 Å². The first-order valence-electron chi connectivity index (χ1n) is 11.1. The highest BCUT2D eigenvalue weighted by molar-refractivity contribution is 7.55. The normalized spacial score (nSPS) is 37.6. The van der Waals surface area contributed by atoms with Crippen molar-refractivity contribution in [3.05, 3.63) is 22.7 Å². The van der Waals surface area contributed by atoms with Crippen LogP contribution >= 0.6 is 7.60 Å². The molecule has 0 radical (unpaired) electrons. The number of nitrogens with two attached hydrogens (primary N) is 1. The number of nitrogen functional groups attached to an aromatic ring is 1. The topological polar surface area (TPSA) is 285 Å². The van der Waals surface area contributed by atoms with Crippen LogP contribution in [-0.2, 0) is 23.4 Å². The third-order valence-corrected chi connectivity index (χ3v) is 8.42. The van der Waals surface area contributed by atoms with E-state index in [1.165, 1.54) is 13.0 Å². The number of carboxylic acid groups (broad SMARTS) is 1. The van der Waals surface area contributed by atoms with Gasteiger partial charge in [0.05, 0.1) is 25.4 Å². The zero-order valence-electron chi connectivity index (χ0n) is 19.4. The van der Waals surface area contributed by atoms with Gasteiger partial charge in [0.2, 0.25) is 0 Å². The van der Waals surface area contributed by atoms with Crippen LogP contribution in [0.3, 0.4) is 0 Å². The molecule has 0 bridgehead atoms. The number of hydrogen-bond donors (Lipinski definition) is 9. The molecule has 0 aromatic carbocycles. The lowest BCUT2D eigenvalue weighted by Crippen LogP contribution is -2.60. The molecule has 4 unspecified atom stereocenters. The van der Waals surface area contributed by atoms with Gasteiger partial charge in [-0.3, -0.25) is 9.13 Å². The molecule has 0 saturated carbocycles. The Bertz CT molecular complexity index is 1090. The third-order valence-electron chi connectivity index (χ3n) is 6.53. The van der Waals surface area contributed by atoms with Crippen LogP contribution in [0.2, 0.25) is 0 Å². The van der Waals surface area contributed by atoms with Crippen molar-refractivity contribution in [2.24, 2.45) is 5.92 Å². The predicted molar refractivity (Wildman–Crippen MR) is 119 cm³/mol. The highest BCUT2D eigenvalue weighted by atomic mass is 31.2. The highest BCUT2D eigenvalue weighted by Crippen LogP contribution is 2.61. The number of aliphatic carboxylic acids is 1. The van der Waals surface area contributed by atoms with Gasteiger partial charge < -0.3 is 60.4 Å². The Morgan fingerprint density at radius 3 is 2.57 bits per heavy atom. The van der Waals surface area contributed by atoms with Gasteiger partial charge in [-0.15, -0.1) is 0 Å². The second-order valence-electron chi connectivity index (χ2n) is 8.95. The van der Waals surface area contributed by atoms with Gasteiger partial charge >= 0.3 is 19.3 Å². The first kappa shape index (κ1) is 29.5. The second-order valence-corrected chi connectivity index (χ2v) is 11.0. The Hall–Kier alpha value is -2.02. The van der Waals surface area contributed by atoms with Crippen molar-refractivity contribution in [2.75, 3.05) is 18.9 Å². The first-order valence-corrected chi connectivity index (χ1v) is 12.6. The van der Waals surface area contributed by atoms with Crippen molar-refractivity contribution in [1.82, 2.24) is 9.55 Å². The number of carboxylic acids is 1. The molecule has 2 aliphatic heterocycles. The molecule has 10 N–H and O–H groups in total. The number of aliphatic hydroxyl groups is 6. The fourth-order valence-corrected chi connectivity index (χ4v) is 5.68. The SMILES string of the molecule is C[C@H]1C([C@H](O)[C@H](O)CO)OC(C(=O)O)(P(=O)(O)OC[C@H]2O[C@@H](n3ccc(N)nc3=O)C(O)[C@H]2O)C[C@@H]1O. The van der Waals surface area contributed by atoms with E-state index in [-0.39, 0.29) is 5.82 Å². The molecule has 210 valence electrons. The molecule has 0 spiro atoms. The molecular weight excluding hydrogens is 525 g/mol. The Labute approximate surface area is 208 Å². The van der Waals surface area contributed by atoms with Crippen molar-refractivity contribution in [3.63, 3.8) is 0 Å². The van der Waals surface area contributed by atoms with Gasteiger partial charge in [-0.2, -0.15) is 4.98 Å². The van der Waals surface area contributed by atoms with Gasteiger partial charge in [-0.05, 0) is 6.07 Å². The Kier molecular flexibility index (Phi) is 8.78. The van der Waals surface area contributed by atoms with Crippen molar-refractivity contribution in [1.29, 1.82) is 0 Å². The zero-order chi connectivity index (χ0) is 27.9. The minimum absolute atomic E-state index is 0.117. The summed E-state index contributed by atoms with van der Waals surface area (Å²) in [4.78, 5) is 38.4. The summed E-state index contributed by atoms with van der Waals surface area (Å²) in [5.74, 6) is -3.19. The zero-order valence-corrected chi connectivity index (χ0v) is 20.3. The molecule has 3 heterocycles. The van der Waals surface area contributed by atoms with Gasteiger partial charge in [-0.25, -0.2) is 9.59 Å². The lowest BCUT2D eigenvalue weighted by molar-refractivity contribution is -0.219. The maximum atomic E-state index is 13.2. The van der Waals surface area contributed by atoms with Gasteiger partial charge in [-0.1, -0.05) is 6.92 Å². The molecule has 0 amide bonds. The minimum Gasteiger partial charge on any atom is -0.479 e. The lowest BCUT2D eigenvalue weighted by Gasteiger charge is -2.46. The van der Waals surface area contributed by atoms with E-state index >= 15 is 0 Å². The molecule has 0 aliphatic carbocycles. The molecular formula is C19H30N3O14P. The van der Waals surface area contributed by atoms with Gasteiger partial charge in [0.25, 0.3) is 5.34 Å². The van der Waals surface area contributed by atoms with E-state index < -0.39 is 99.1 Å². The van der Waals surface area contributed by atoms with Crippen LogP contribution in [0.15, 0.2) is 17.1 Å². The van der Waals surface area contributed by atoms with Crippen LogP contribution < -0.4 is 11.4 Å². The number of rotatable bonds is 9. The maximum Gasteiger partial charge on any atom is 0.371 e. The Morgan fingerprint density at radius 2 is 2.00 bits per heavy atom. The van der Waals surface area contributed by atoms with E-state index in [0.717, 1.165) is 10.8 Å². The third kappa shape index (κ3) is 5.43. The summed E-state index contributed by atoms with van der Waals surface area (Å²) >= 11 is 0. The van der Waals surface area contributed by atoms with Gasteiger partial charge in [0, 0.05) is 18.5 Å². The second kappa shape index (κ2) is 11.0. The highest BCUT2D eigenvalue weighted by Gasteiger charge is 2.64. The molecule has 2 saturated heterocycles. The first-order chi connectivity index (χ1) is 17.2. The summed E-state index contributed by atoms with van der Waals surface area (Å²) in [6, 6.07) is 1.22. The predicted octanol–water partition coefficient (Wildman–Crippen LogP) is -4.07. The van der Waals surface area contributed by atoms with Gasteiger partial charge in [0.15, 0.2) is 6.23 Å². The standard InChI is InChI=1S/C19H30N3O14P/c1-7-8(24)4-19(17(29)30,36-15(7)12(26)9(25)5-23)37(32,33)34-6-10-13(27)14(28)16(35-10)22-3-2-11(20)21-18(22)31/h2-3,7-10,12-16,23-28H,4-6H2,1H3,(H,29,30)(H,32,33)(H2,20,21,31)/t7-,8+,9-,10-,12-,13+,14?,15?,16-,19?/m1/s1. The number of carbonyl (C=O) groups is 1. The summed E-state index contributed by atoms with van der Waals surface area (Å²) in [5, 5.41) is 67.0. The average Bonchev–Trinajstić information content (AvgIpc) is 3.11.